The van der Waals surface area contributed by atoms with Crippen LogP contribution in [-0.2, 0) is 19.5 Å². The van der Waals surface area contributed by atoms with Crippen molar-refractivity contribution in [2.75, 3.05) is 6.54 Å². The maximum absolute atomic E-state index is 12.6. The van der Waals surface area contributed by atoms with Crippen LogP contribution >= 0.6 is 0 Å². The molecular weight excluding hydrogens is 448 g/mol. The van der Waals surface area contributed by atoms with E-state index < -0.39 is 0 Å². The van der Waals surface area contributed by atoms with Crippen LogP contribution in [0, 0.1) is 0 Å². The molecule has 0 aliphatic heterocycles. The maximum atomic E-state index is 12.6. The molecule has 1 unspecified atom stereocenters. The highest BCUT2D eigenvalue weighted by Crippen LogP contribution is 2.25. The Bertz CT molecular complexity index is 1220. The number of nitrogens with one attached hydrogen (secondary N) is 1. The Morgan fingerprint density at radius 2 is 1.67 bits per heavy atom. The Morgan fingerprint density at radius 1 is 0.917 bits per heavy atom. The number of hydrogen-bond donors (Lipinski definition) is 1. The number of rotatable bonds is 11. The minimum atomic E-state index is -0.243. The van der Waals surface area contributed by atoms with Gasteiger partial charge in [0.15, 0.2) is 5.69 Å². The minimum absolute atomic E-state index is 0.138. The quantitative estimate of drug-likeness (QED) is 0.287. The van der Waals surface area contributed by atoms with Gasteiger partial charge >= 0.3 is 0 Å². The van der Waals surface area contributed by atoms with Crippen molar-refractivity contribution in [3.8, 4) is 0 Å². The lowest BCUT2D eigenvalue weighted by Crippen LogP contribution is -2.27. The highest BCUT2D eigenvalue weighted by atomic mass is 16.3. The van der Waals surface area contributed by atoms with Gasteiger partial charge in [-0.15, -0.1) is 0 Å². The fourth-order valence-electron chi connectivity index (χ4n) is 4.12. The summed E-state index contributed by atoms with van der Waals surface area (Å²) in [5, 5.41) is 2.90. The second kappa shape index (κ2) is 12.3. The molecule has 1 atom stereocenters. The SMILES string of the molecule is CC(C)c1ccc(CN(Cc2nc(C(=O)NCCc3ccccn3)co2)C(C)c2ccccc2)cc1. The summed E-state index contributed by atoms with van der Waals surface area (Å²) in [5.41, 5.74) is 5.00. The van der Waals surface area contributed by atoms with E-state index in [9.17, 15) is 4.79 Å². The molecule has 6 nitrogen and oxygen atoms in total. The Hall–Kier alpha value is -3.77. The topological polar surface area (TPSA) is 71.3 Å². The number of hydrogen-bond acceptors (Lipinski definition) is 5. The summed E-state index contributed by atoms with van der Waals surface area (Å²) in [6.45, 7) is 8.31. The lowest BCUT2D eigenvalue weighted by Gasteiger charge is -2.28. The number of amides is 1. The van der Waals surface area contributed by atoms with Gasteiger partial charge in [-0.2, -0.15) is 0 Å². The van der Waals surface area contributed by atoms with E-state index in [0.29, 0.717) is 37.0 Å². The zero-order chi connectivity index (χ0) is 25.3. The van der Waals surface area contributed by atoms with Gasteiger partial charge in [0.25, 0.3) is 5.91 Å². The second-order valence-electron chi connectivity index (χ2n) is 9.34. The normalized spacial score (nSPS) is 12.1. The molecule has 1 N–H and O–H groups in total. The standard InChI is InChI=1S/C30H34N4O2/c1-22(2)25-14-12-24(13-15-25)19-34(23(3)26-9-5-4-6-10-26)20-29-33-28(21-36-29)30(35)32-18-16-27-11-7-8-17-31-27/h4-15,17,21-23H,16,18-20H2,1-3H3,(H,32,35). The van der Waals surface area contributed by atoms with Crippen LogP contribution < -0.4 is 5.32 Å². The Morgan fingerprint density at radius 3 is 2.36 bits per heavy atom. The third kappa shape index (κ3) is 6.89. The van der Waals surface area contributed by atoms with Gasteiger partial charge in [0.2, 0.25) is 5.89 Å². The van der Waals surface area contributed by atoms with Crippen LogP contribution in [0.3, 0.4) is 0 Å². The molecule has 0 bridgehead atoms. The fourth-order valence-corrected chi connectivity index (χ4v) is 4.12. The largest absolute Gasteiger partial charge is 0.447 e. The zero-order valence-electron chi connectivity index (χ0n) is 21.2. The van der Waals surface area contributed by atoms with Crippen molar-refractivity contribution in [3.63, 3.8) is 0 Å². The monoisotopic (exact) mass is 482 g/mol. The smallest absolute Gasteiger partial charge is 0.273 e. The van der Waals surface area contributed by atoms with Crippen molar-refractivity contribution < 1.29 is 9.21 Å². The highest BCUT2D eigenvalue weighted by Gasteiger charge is 2.20. The number of pyridine rings is 1. The van der Waals surface area contributed by atoms with Crippen LogP contribution in [0.15, 0.2) is 89.7 Å². The number of carbonyl (C=O) groups excluding carboxylic acids is 1. The molecule has 0 saturated heterocycles. The first-order valence-electron chi connectivity index (χ1n) is 12.5. The number of carbonyl (C=O) groups is 1. The van der Waals surface area contributed by atoms with Crippen molar-refractivity contribution >= 4 is 5.91 Å². The van der Waals surface area contributed by atoms with E-state index >= 15 is 0 Å². The molecule has 0 aliphatic rings. The molecule has 4 rings (SSSR count). The Kier molecular flexibility index (Phi) is 8.63. The Balaban J connectivity index is 1.43. The fraction of sp³-hybridized carbons (Fsp3) is 0.300. The third-order valence-electron chi connectivity index (χ3n) is 6.38. The van der Waals surface area contributed by atoms with Gasteiger partial charge in [-0.1, -0.05) is 74.5 Å². The number of aromatic nitrogens is 2. The molecule has 0 spiro atoms. The molecule has 186 valence electrons. The molecular formula is C30H34N4O2. The molecule has 36 heavy (non-hydrogen) atoms. The van der Waals surface area contributed by atoms with Crippen LogP contribution in [0.25, 0.3) is 0 Å². The first-order valence-corrected chi connectivity index (χ1v) is 12.5. The van der Waals surface area contributed by atoms with Crippen molar-refractivity contribution in [2.45, 2.75) is 52.2 Å². The van der Waals surface area contributed by atoms with Crippen molar-refractivity contribution in [3.05, 3.63) is 119 Å². The van der Waals surface area contributed by atoms with Gasteiger partial charge in [-0.05, 0) is 41.7 Å². The molecule has 6 heteroatoms. The lowest BCUT2D eigenvalue weighted by atomic mass is 10.0. The van der Waals surface area contributed by atoms with E-state index in [1.807, 2.05) is 24.3 Å². The van der Waals surface area contributed by atoms with Crippen LogP contribution in [0.2, 0.25) is 0 Å². The van der Waals surface area contributed by atoms with Crippen LogP contribution in [0.5, 0.6) is 0 Å². The van der Waals surface area contributed by atoms with Crippen LogP contribution in [0.4, 0.5) is 0 Å². The van der Waals surface area contributed by atoms with Crippen molar-refractivity contribution in [2.24, 2.45) is 0 Å². The van der Waals surface area contributed by atoms with Gasteiger partial charge in [0.1, 0.15) is 6.26 Å². The summed E-state index contributed by atoms with van der Waals surface area (Å²) in [6, 6.07) is 25.1. The lowest BCUT2D eigenvalue weighted by molar-refractivity contribution is 0.0949. The number of benzene rings is 2. The van der Waals surface area contributed by atoms with Gasteiger partial charge in [-0.25, -0.2) is 4.98 Å². The van der Waals surface area contributed by atoms with E-state index in [1.165, 1.54) is 23.0 Å². The van der Waals surface area contributed by atoms with E-state index in [0.717, 1.165) is 12.2 Å². The first-order chi connectivity index (χ1) is 17.5. The van der Waals surface area contributed by atoms with Gasteiger partial charge < -0.3 is 9.73 Å². The average Bonchev–Trinajstić information content (AvgIpc) is 3.38. The summed E-state index contributed by atoms with van der Waals surface area (Å²) >= 11 is 0. The summed E-state index contributed by atoms with van der Waals surface area (Å²) < 4.78 is 5.73. The van der Waals surface area contributed by atoms with Crippen LogP contribution in [0.1, 0.15) is 71.5 Å². The first kappa shape index (κ1) is 25.3. The average molecular weight is 483 g/mol. The van der Waals surface area contributed by atoms with Crippen molar-refractivity contribution in [1.82, 2.24) is 20.2 Å². The van der Waals surface area contributed by atoms with Gasteiger partial charge in [0, 0.05) is 37.4 Å². The van der Waals surface area contributed by atoms with E-state index in [4.69, 9.17) is 4.42 Å². The number of oxazole rings is 1. The molecule has 0 fully saturated rings. The summed E-state index contributed by atoms with van der Waals surface area (Å²) in [7, 11) is 0. The molecule has 0 aliphatic carbocycles. The van der Waals surface area contributed by atoms with Crippen LogP contribution in [-0.4, -0.2) is 27.3 Å². The zero-order valence-corrected chi connectivity index (χ0v) is 21.2. The Labute approximate surface area is 213 Å². The summed E-state index contributed by atoms with van der Waals surface area (Å²) in [6.07, 6.45) is 3.85. The molecule has 1 amide bonds. The third-order valence-corrected chi connectivity index (χ3v) is 6.38. The van der Waals surface area contributed by atoms with E-state index in [-0.39, 0.29) is 11.9 Å². The van der Waals surface area contributed by atoms with Gasteiger partial charge in [0.05, 0.1) is 6.54 Å². The summed E-state index contributed by atoms with van der Waals surface area (Å²) in [5.74, 6) is 0.776. The second-order valence-corrected chi connectivity index (χ2v) is 9.34. The van der Waals surface area contributed by atoms with Crippen molar-refractivity contribution in [1.29, 1.82) is 0 Å². The molecule has 2 aromatic carbocycles. The van der Waals surface area contributed by atoms with E-state index in [1.54, 1.807) is 6.20 Å². The highest BCUT2D eigenvalue weighted by molar-refractivity contribution is 5.91. The molecule has 4 aromatic rings. The maximum Gasteiger partial charge on any atom is 0.273 e. The van der Waals surface area contributed by atoms with E-state index in [2.05, 4.69) is 89.5 Å². The summed E-state index contributed by atoms with van der Waals surface area (Å²) in [4.78, 5) is 23.7. The molecule has 0 radical (unpaired) electrons. The predicted molar refractivity (Wildman–Crippen MR) is 141 cm³/mol. The molecule has 0 saturated carbocycles. The molecule has 2 heterocycles. The minimum Gasteiger partial charge on any atom is -0.447 e. The number of nitrogens with zero attached hydrogens (tertiary/aromatic N) is 3. The predicted octanol–water partition coefficient (Wildman–Crippen LogP) is 5.93. The molecule has 2 aromatic heterocycles. The van der Waals surface area contributed by atoms with Gasteiger partial charge in [-0.3, -0.25) is 14.7 Å².